The molecule has 0 spiro atoms. The van der Waals surface area contributed by atoms with Crippen LogP contribution in [0.1, 0.15) is 45.0 Å². The number of ether oxygens (including phenoxy) is 1. The Bertz CT molecular complexity index is 543. The lowest BCUT2D eigenvalue weighted by Crippen LogP contribution is -2.45. The molecule has 0 N–H and O–H groups in total. The molecule has 1 aromatic heterocycles. The van der Waals surface area contributed by atoms with Gasteiger partial charge in [-0.2, -0.15) is 0 Å². The van der Waals surface area contributed by atoms with Gasteiger partial charge in [-0.3, -0.25) is 4.79 Å². The molecule has 0 radical (unpaired) electrons. The molecule has 0 atom stereocenters. The average molecular weight is 322 g/mol. The molecule has 6 heteroatoms. The van der Waals surface area contributed by atoms with Gasteiger partial charge in [0.15, 0.2) is 0 Å². The largest absolute Gasteiger partial charge is 0.465 e. The summed E-state index contributed by atoms with van der Waals surface area (Å²) in [4.78, 5) is 29.6. The van der Waals surface area contributed by atoms with Crippen molar-refractivity contribution >= 4 is 23.2 Å². The maximum Gasteiger partial charge on any atom is 0.348 e. The third kappa shape index (κ3) is 3.17. The van der Waals surface area contributed by atoms with Gasteiger partial charge < -0.3 is 14.5 Å². The van der Waals surface area contributed by atoms with Crippen molar-refractivity contribution in [1.82, 2.24) is 9.80 Å². The number of thiophene rings is 1. The predicted octanol–water partition coefficient (Wildman–Crippen LogP) is 2.24. The van der Waals surface area contributed by atoms with Gasteiger partial charge in [0.25, 0.3) is 5.91 Å². The molecule has 0 aliphatic carbocycles. The summed E-state index contributed by atoms with van der Waals surface area (Å²) in [5, 5.41) is 0. The molecule has 2 aliphatic rings. The van der Waals surface area contributed by atoms with E-state index in [0.717, 1.165) is 25.9 Å². The van der Waals surface area contributed by atoms with E-state index in [4.69, 9.17) is 0 Å². The standard InChI is InChI=1S/C16H22N2O3S/c1-21-16(20)14-5-4-13(22-14)15(19)18-10-6-12(7-11-18)17-8-2-3-9-17/h4-5,12H,2-3,6-11H2,1H3. The molecular weight excluding hydrogens is 300 g/mol. The first-order chi connectivity index (χ1) is 10.7. The van der Waals surface area contributed by atoms with E-state index < -0.39 is 0 Å². The van der Waals surface area contributed by atoms with Gasteiger partial charge in [-0.25, -0.2) is 4.79 Å². The van der Waals surface area contributed by atoms with E-state index in [9.17, 15) is 9.59 Å². The summed E-state index contributed by atoms with van der Waals surface area (Å²) in [6.07, 6.45) is 4.73. The lowest BCUT2D eigenvalue weighted by Gasteiger charge is -2.36. The van der Waals surface area contributed by atoms with Crippen LogP contribution in [0, 0.1) is 0 Å². The van der Waals surface area contributed by atoms with Crippen LogP contribution in [0.5, 0.6) is 0 Å². The first kappa shape index (κ1) is 15.5. The molecule has 5 nitrogen and oxygen atoms in total. The van der Waals surface area contributed by atoms with E-state index in [2.05, 4.69) is 9.64 Å². The number of piperidine rings is 1. The lowest BCUT2D eigenvalue weighted by atomic mass is 10.0. The molecule has 1 amide bonds. The number of carbonyl (C=O) groups excluding carboxylic acids is 2. The summed E-state index contributed by atoms with van der Waals surface area (Å²) in [5.74, 6) is -0.336. The van der Waals surface area contributed by atoms with Crippen molar-refractivity contribution in [3.05, 3.63) is 21.9 Å². The van der Waals surface area contributed by atoms with E-state index in [1.54, 1.807) is 12.1 Å². The van der Waals surface area contributed by atoms with Crippen molar-refractivity contribution in [2.24, 2.45) is 0 Å². The number of likely N-dealkylation sites (tertiary alicyclic amines) is 2. The molecule has 0 saturated carbocycles. The summed E-state index contributed by atoms with van der Waals surface area (Å²) in [6, 6.07) is 4.03. The molecule has 1 aromatic rings. The van der Waals surface area contributed by atoms with Crippen molar-refractivity contribution in [3.8, 4) is 0 Å². The Labute approximate surface area is 134 Å². The van der Waals surface area contributed by atoms with E-state index >= 15 is 0 Å². The maximum atomic E-state index is 12.5. The SMILES string of the molecule is COC(=O)c1ccc(C(=O)N2CCC(N3CCCC3)CC2)s1. The van der Waals surface area contributed by atoms with Crippen LogP contribution in [0.2, 0.25) is 0 Å². The van der Waals surface area contributed by atoms with Crippen molar-refractivity contribution in [1.29, 1.82) is 0 Å². The van der Waals surface area contributed by atoms with Crippen LogP contribution in [0.15, 0.2) is 12.1 Å². The molecule has 0 bridgehead atoms. The van der Waals surface area contributed by atoms with Crippen LogP contribution in [0.4, 0.5) is 0 Å². The highest BCUT2D eigenvalue weighted by Gasteiger charge is 2.29. The molecule has 0 aromatic carbocycles. The van der Waals surface area contributed by atoms with Gasteiger partial charge in [0, 0.05) is 19.1 Å². The molecule has 0 unspecified atom stereocenters. The Morgan fingerprint density at radius 2 is 1.73 bits per heavy atom. The van der Waals surface area contributed by atoms with Crippen LogP contribution in [-0.4, -0.2) is 61.0 Å². The first-order valence-electron chi connectivity index (χ1n) is 7.90. The summed E-state index contributed by atoms with van der Waals surface area (Å²) >= 11 is 1.22. The number of carbonyl (C=O) groups is 2. The highest BCUT2D eigenvalue weighted by Crippen LogP contribution is 2.24. The second-order valence-electron chi connectivity index (χ2n) is 5.92. The fourth-order valence-electron chi connectivity index (χ4n) is 3.36. The fraction of sp³-hybridized carbons (Fsp3) is 0.625. The van der Waals surface area contributed by atoms with Crippen LogP contribution in [0.3, 0.4) is 0 Å². The zero-order valence-electron chi connectivity index (χ0n) is 12.9. The number of esters is 1. The van der Waals surface area contributed by atoms with Gasteiger partial charge in [0.1, 0.15) is 4.88 Å². The normalized spacial score (nSPS) is 20.3. The van der Waals surface area contributed by atoms with E-state index in [0.29, 0.717) is 15.8 Å². The summed E-state index contributed by atoms with van der Waals surface area (Å²) < 4.78 is 4.69. The molecule has 3 heterocycles. The quantitative estimate of drug-likeness (QED) is 0.801. The highest BCUT2D eigenvalue weighted by atomic mass is 32.1. The summed E-state index contributed by atoms with van der Waals surface area (Å²) in [6.45, 7) is 4.05. The molecule has 120 valence electrons. The molecule has 2 fully saturated rings. The number of hydrogen-bond donors (Lipinski definition) is 0. The Balaban J connectivity index is 1.57. The molecule has 2 saturated heterocycles. The van der Waals surface area contributed by atoms with Gasteiger partial charge in [-0.05, 0) is 50.9 Å². The Hall–Kier alpha value is -1.40. The van der Waals surface area contributed by atoms with Gasteiger partial charge in [0.05, 0.1) is 12.0 Å². The number of amides is 1. The smallest absolute Gasteiger partial charge is 0.348 e. The van der Waals surface area contributed by atoms with E-state index in [-0.39, 0.29) is 11.9 Å². The van der Waals surface area contributed by atoms with Crippen LogP contribution in [-0.2, 0) is 4.74 Å². The molecule has 3 rings (SSSR count). The molecule has 22 heavy (non-hydrogen) atoms. The Morgan fingerprint density at radius 1 is 1.09 bits per heavy atom. The fourth-order valence-corrected chi connectivity index (χ4v) is 4.25. The van der Waals surface area contributed by atoms with Gasteiger partial charge in [-0.15, -0.1) is 11.3 Å². The predicted molar refractivity (Wildman–Crippen MR) is 85.4 cm³/mol. The minimum absolute atomic E-state index is 0.0417. The highest BCUT2D eigenvalue weighted by molar-refractivity contribution is 7.15. The minimum Gasteiger partial charge on any atom is -0.465 e. The van der Waals surface area contributed by atoms with Crippen LogP contribution >= 0.6 is 11.3 Å². The summed E-state index contributed by atoms with van der Waals surface area (Å²) in [7, 11) is 1.35. The molecular formula is C16H22N2O3S. The first-order valence-corrected chi connectivity index (χ1v) is 8.72. The maximum absolute atomic E-state index is 12.5. The van der Waals surface area contributed by atoms with Crippen LogP contribution < -0.4 is 0 Å². The summed E-state index contributed by atoms with van der Waals surface area (Å²) in [5.41, 5.74) is 0. The zero-order chi connectivity index (χ0) is 15.5. The third-order valence-corrected chi connectivity index (χ3v) is 5.67. The van der Waals surface area contributed by atoms with Crippen molar-refractivity contribution in [2.45, 2.75) is 31.7 Å². The van der Waals surface area contributed by atoms with Crippen molar-refractivity contribution < 1.29 is 14.3 Å². The number of hydrogen-bond acceptors (Lipinski definition) is 5. The van der Waals surface area contributed by atoms with Crippen LogP contribution in [0.25, 0.3) is 0 Å². The third-order valence-electron chi connectivity index (χ3n) is 4.61. The van der Waals surface area contributed by atoms with Gasteiger partial charge in [-0.1, -0.05) is 0 Å². The monoisotopic (exact) mass is 322 g/mol. The minimum atomic E-state index is -0.378. The average Bonchev–Trinajstić information content (AvgIpc) is 3.25. The van der Waals surface area contributed by atoms with Gasteiger partial charge >= 0.3 is 5.97 Å². The Kier molecular flexibility index (Phi) is 4.78. The Morgan fingerprint density at radius 3 is 2.36 bits per heavy atom. The molecule has 2 aliphatic heterocycles. The van der Waals surface area contributed by atoms with Crippen molar-refractivity contribution in [3.63, 3.8) is 0 Å². The van der Waals surface area contributed by atoms with Gasteiger partial charge in [0.2, 0.25) is 0 Å². The second kappa shape index (κ2) is 6.79. The second-order valence-corrected chi connectivity index (χ2v) is 7.01. The topological polar surface area (TPSA) is 49.9 Å². The lowest BCUT2D eigenvalue weighted by molar-refractivity contribution is 0.0605. The number of rotatable bonds is 3. The number of nitrogens with zero attached hydrogens (tertiary/aromatic N) is 2. The number of methoxy groups -OCH3 is 1. The van der Waals surface area contributed by atoms with E-state index in [1.807, 2.05) is 4.90 Å². The van der Waals surface area contributed by atoms with Crippen molar-refractivity contribution in [2.75, 3.05) is 33.3 Å². The zero-order valence-corrected chi connectivity index (χ0v) is 13.7. The van der Waals surface area contributed by atoms with E-state index in [1.165, 1.54) is 44.4 Å².